The lowest BCUT2D eigenvalue weighted by atomic mass is 10.1. The van der Waals surface area contributed by atoms with Gasteiger partial charge in [0, 0.05) is 6.54 Å². The topological polar surface area (TPSA) is 115 Å². The van der Waals surface area contributed by atoms with E-state index in [1.54, 1.807) is 24.3 Å². The molecule has 0 aliphatic heterocycles. The number of hydrogen-bond acceptors (Lipinski definition) is 6. The fourth-order valence-electron chi connectivity index (χ4n) is 2.24. The van der Waals surface area contributed by atoms with Crippen molar-refractivity contribution in [2.24, 2.45) is 5.14 Å². The average Bonchev–Trinajstić information content (AvgIpc) is 2.96. The van der Waals surface area contributed by atoms with Crippen LogP contribution in [0.3, 0.4) is 0 Å². The van der Waals surface area contributed by atoms with Crippen LogP contribution in [0.5, 0.6) is 0 Å². The average molecular weight is 386 g/mol. The number of benzene rings is 1. The van der Waals surface area contributed by atoms with Crippen molar-refractivity contribution in [2.75, 3.05) is 5.32 Å². The van der Waals surface area contributed by atoms with Crippen molar-refractivity contribution in [1.82, 2.24) is 19.8 Å². The van der Waals surface area contributed by atoms with Gasteiger partial charge in [0.25, 0.3) is 5.82 Å². The Balaban J connectivity index is 1.73. The predicted octanol–water partition coefficient (Wildman–Crippen LogP) is 1.54. The number of nitrogens with two attached hydrogens (primary N) is 1. The summed E-state index contributed by atoms with van der Waals surface area (Å²) in [5, 5.41) is 18.2. The molecule has 3 aromatic rings. The van der Waals surface area contributed by atoms with Gasteiger partial charge in [0.15, 0.2) is 5.65 Å². The van der Waals surface area contributed by atoms with Gasteiger partial charge in [0.2, 0.25) is 10.0 Å². The van der Waals surface area contributed by atoms with Crippen molar-refractivity contribution in [3.8, 4) is 0 Å². The van der Waals surface area contributed by atoms with Crippen molar-refractivity contribution in [2.45, 2.75) is 18.5 Å². The molecule has 0 aliphatic carbocycles. The molecule has 12 heteroatoms. The minimum absolute atomic E-state index is 0.0183. The maximum Gasteiger partial charge on any atom is 0.453 e. The molecular formula is C14H13F3N6O2S. The fraction of sp³-hybridized carbons (Fsp3) is 0.214. The van der Waals surface area contributed by atoms with Gasteiger partial charge in [-0.05, 0) is 23.3 Å². The Morgan fingerprint density at radius 2 is 1.69 bits per heavy atom. The van der Waals surface area contributed by atoms with E-state index in [-0.39, 0.29) is 23.8 Å². The van der Waals surface area contributed by atoms with Gasteiger partial charge in [-0.15, -0.1) is 15.3 Å². The SMILES string of the molecule is NS(=O)(=O)Cc1ccc(CNc2ccc3nnc(C(F)(F)F)n3n2)cc1. The Labute approximate surface area is 145 Å². The summed E-state index contributed by atoms with van der Waals surface area (Å²) < 4.78 is 61.3. The van der Waals surface area contributed by atoms with Crippen LogP contribution in [0, 0.1) is 0 Å². The molecule has 2 aromatic heterocycles. The number of nitrogens with one attached hydrogen (secondary N) is 1. The molecule has 0 amide bonds. The number of nitrogens with zero attached hydrogens (tertiary/aromatic N) is 4. The molecule has 0 spiro atoms. The van der Waals surface area contributed by atoms with Crippen LogP contribution in [-0.4, -0.2) is 28.2 Å². The van der Waals surface area contributed by atoms with E-state index in [1.807, 2.05) is 0 Å². The van der Waals surface area contributed by atoms with Crippen LogP contribution in [0.2, 0.25) is 0 Å². The molecule has 0 saturated heterocycles. The van der Waals surface area contributed by atoms with Gasteiger partial charge in [-0.1, -0.05) is 24.3 Å². The van der Waals surface area contributed by atoms with E-state index < -0.39 is 22.0 Å². The summed E-state index contributed by atoms with van der Waals surface area (Å²) in [6, 6.07) is 9.45. The first kappa shape index (κ1) is 18.1. The number of hydrogen-bond donors (Lipinski definition) is 2. The summed E-state index contributed by atoms with van der Waals surface area (Å²) in [7, 11) is -3.61. The first-order chi connectivity index (χ1) is 12.1. The molecule has 0 atom stereocenters. The fourth-order valence-corrected chi connectivity index (χ4v) is 2.90. The van der Waals surface area contributed by atoms with Gasteiger partial charge in [-0.2, -0.15) is 17.7 Å². The molecule has 0 unspecified atom stereocenters. The maximum atomic E-state index is 12.9. The van der Waals surface area contributed by atoms with Crippen molar-refractivity contribution in [1.29, 1.82) is 0 Å². The summed E-state index contributed by atoms with van der Waals surface area (Å²) in [4.78, 5) is 0. The Bertz CT molecular complexity index is 1030. The molecular weight excluding hydrogens is 373 g/mol. The highest BCUT2D eigenvalue weighted by Gasteiger charge is 2.37. The molecule has 0 radical (unpaired) electrons. The van der Waals surface area contributed by atoms with E-state index in [2.05, 4.69) is 20.6 Å². The highest BCUT2D eigenvalue weighted by atomic mass is 32.2. The predicted molar refractivity (Wildman–Crippen MR) is 86.4 cm³/mol. The number of fused-ring (bicyclic) bond motifs is 1. The van der Waals surface area contributed by atoms with Gasteiger partial charge in [0.05, 0.1) is 5.75 Å². The first-order valence-corrected chi connectivity index (χ1v) is 8.95. The third-order valence-corrected chi connectivity index (χ3v) is 4.12. The van der Waals surface area contributed by atoms with Crippen LogP contribution in [0.1, 0.15) is 17.0 Å². The van der Waals surface area contributed by atoms with Crippen molar-refractivity contribution < 1.29 is 21.6 Å². The second-order valence-electron chi connectivity index (χ2n) is 5.49. The summed E-state index contributed by atoms with van der Waals surface area (Å²) in [6.45, 7) is 0.275. The van der Waals surface area contributed by atoms with Crippen molar-refractivity contribution in [3.63, 3.8) is 0 Å². The van der Waals surface area contributed by atoms with E-state index in [0.717, 1.165) is 5.56 Å². The van der Waals surface area contributed by atoms with Crippen LogP contribution in [0.15, 0.2) is 36.4 Å². The molecule has 3 N–H and O–H groups in total. The number of aromatic nitrogens is 4. The van der Waals surface area contributed by atoms with Crippen LogP contribution in [0.4, 0.5) is 19.0 Å². The number of primary sulfonamides is 1. The van der Waals surface area contributed by atoms with Gasteiger partial charge >= 0.3 is 6.18 Å². The molecule has 3 rings (SSSR count). The zero-order valence-corrected chi connectivity index (χ0v) is 13.9. The van der Waals surface area contributed by atoms with Crippen LogP contribution in [-0.2, 0) is 28.5 Å². The highest BCUT2D eigenvalue weighted by molar-refractivity contribution is 7.88. The molecule has 0 bridgehead atoms. The maximum absolute atomic E-state index is 12.9. The molecule has 0 fully saturated rings. The minimum Gasteiger partial charge on any atom is -0.365 e. The Kier molecular flexibility index (Phi) is 4.54. The smallest absolute Gasteiger partial charge is 0.365 e. The summed E-state index contributed by atoms with van der Waals surface area (Å²) >= 11 is 0. The second kappa shape index (κ2) is 6.53. The van der Waals surface area contributed by atoms with Crippen molar-refractivity contribution in [3.05, 3.63) is 53.3 Å². The third-order valence-electron chi connectivity index (χ3n) is 3.38. The van der Waals surface area contributed by atoms with Crippen molar-refractivity contribution >= 4 is 21.5 Å². The Hall–Kier alpha value is -2.73. The monoisotopic (exact) mass is 386 g/mol. The lowest BCUT2D eigenvalue weighted by molar-refractivity contribution is -0.146. The normalized spacial score (nSPS) is 12.5. The van der Waals surface area contributed by atoms with Gasteiger partial charge in [-0.25, -0.2) is 13.6 Å². The van der Waals surface area contributed by atoms with E-state index in [0.29, 0.717) is 10.1 Å². The van der Waals surface area contributed by atoms with Gasteiger partial charge in [-0.3, -0.25) is 0 Å². The summed E-state index contributed by atoms with van der Waals surface area (Å²) in [5.74, 6) is -1.27. The van der Waals surface area contributed by atoms with E-state index >= 15 is 0 Å². The molecule has 1 aromatic carbocycles. The quantitative estimate of drug-likeness (QED) is 0.687. The zero-order chi connectivity index (χ0) is 18.9. The van der Waals surface area contributed by atoms with E-state index in [1.165, 1.54) is 12.1 Å². The third kappa shape index (κ3) is 4.26. The molecule has 8 nitrogen and oxygen atoms in total. The number of halogens is 3. The summed E-state index contributed by atoms with van der Waals surface area (Å²) in [6.07, 6.45) is -4.66. The lowest BCUT2D eigenvalue weighted by Crippen LogP contribution is -2.14. The molecule has 26 heavy (non-hydrogen) atoms. The second-order valence-corrected chi connectivity index (χ2v) is 7.10. The zero-order valence-electron chi connectivity index (χ0n) is 13.1. The van der Waals surface area contributed by atoms with Crippen LogP contribution in [0.25, 0.3) is 5.65 Å². The highest BCUT2D eigenvalue weighted by Crippen LogP contribution is 2.27. The number of rotatable bonds is 5. The largest absolute Gasteiger partial charge is 0.453 e. The minimum atomic E-state index is -4.66. The lowest BCUT2D eigenvalue weighted by Gasteiger charge is -2.08. The van der Waals surface area contributed by atoms with Gasteiger partial charge in [0.1, 0.15) is 5.82 Å². The standard InChI is InChI=1S/C14H13F3N6O2S/c15-14(16,17)13-21-20-12-6-5-11(22-23(12)13)19-7-9-1-3-10(4-2-9)8-26(18,24)25/h1-6H,7-8H2,(H,19,22)(H2,18,24,25). The Morgan fingerprint density at radius 3 is 2.31 bits per heavy atom. The van der Waals surface area contributed by atoms with Gasteiger partial charge < -0.3 is 5.32 Å². The van der Waals surface area contributed by atoms with Crippen LogP contribution >= 0.6 is 0 Å². The van der Waals surface area contributed by atoms with E-state index in [9.17, 15) is 21.6 Å². The Morgan fingerprint density at radius 1 is 1.04 bits per heavy atom. The van der Waals surface area contributed by atoms with Crippen LogP contribution < -0.4 is 10.5 Å². The molecule has 0 saturated carbocycles. The number of sulfonamides is 1. The molecule has 138 valence electrons. The number of alkyl halides is 3. The molecule has 2 heterocycles. The number of anilines is 1. The molecule has 0 aliphatic rings. The summed E-state index contributed by atoms with van der Waals surface area (Å²) in [5.41, 5.74) is 1.30. The first-order valence-electron chi connectivity index (χ1n) is 7.24. The van der Waals surface area contributed by atoms with E-state index in [4.69, 9.17) is 5.14 Å².